The van der Waals surface area contributed by atoms with Crippen LogP contribution in [-0.2, 0) is 50.1 Å². The lowest BCUT2D eigenvalue weighted by atomic mass is 9.91. The summed E-state index contributed by atoms with van der Waals surface area (Å²) in [5.41, 5.74) is 4.42. The first-order valence-electron chi connectivity index (χ1n) is 14.0. The Kier molecular flexibility index (Phi) is 10.5. The van der Waals surface area contributed by atoms with E-state index in [9.17, 15) is 0 Å². The van der Waals surface area contributed by atoms with Gasteiger partial charge in [-0.15, -0.1) is 0 Å². The minimum Gasteiger partial charge on any atom is -0.374 e. The molecule has 0 bridgehead atoms. The van der Waals surface area contributed by atoms with Gasteiger partial charge in [0.25, 0.3) is 0 Å². The quantitative estimate of drug-likeness (QED) is 0.184. The number of hydrogen-bond donors (Lipinski definition) is 0. The topological polar surface area (TPSA) is 46.2 Å². The molecule has 0 radical (unpaired) electrons. The summed E-state index contributed by atoms with van der Waals surface area (Å²) in [5, 5.41) is 0. The third-order valence-electron chi connectivity index (χ3n) is 7.17. The van der Waals surface area contributed by atoms with Crippen LogP contribution in [0.2, 0.25) is 0 Å². The first-order chi connectivity index (χ1) is 19.8. The fourth-order valence-electron chi connectivity index (χ4n) is 4.97. The summed E-state index contributed by atoms with van der Waals surface area (Å²) < 4.78 is 32.3. The van der Waals surface area contributed by atoms with E-state index < -0.39 is 6.29 Å². The molecule has 1 fully saturated rings. The van der Waals surface area contributed by atoms with Crippen molar-refractivity contribution < 1.29 is 23.7 Å². The highest BCUT2D eigenvalue weighted by Crippen LogP contribution is 2.33. The zero-order valence-corrected chi connectivity index (χ0v) is 23.0. The third-order valence-corrected chi connectivity index (χ3v) is 7.17. The minimum absolute atomic E-state index is 0.0708. The Balaban J connectivity index is 1.34. The van der Waals surface area contributed by atoms with Crippen LogP contribution in [-0.4, -0.2) is 31.2 Å². The van der Waals surface area contributed by atoms with E-state index in [1.54, 1.807) is 0 Å². The normalized spacial score (nSPS) is 22.7. The number of ether oxygens (including phenoxy) is 5. The van der Waals surface area contributed by atoms with Gasteiger partial charge in [-0.25, -0.2) is 0 Å². The van der Waals surface area contributed by atoms with Crippen LogP contribution >= 0.6 is 0 Å². The van der Waals surface area contributed by atoms with Gasteiger partial charge in [-0.2, -0.15) is 0 Å². The predicted octanol–water partition coefficient (Wildman–Crippen LogP) is 6.95. The molecule has 1 aliphatic heterocycles. The molecule has 0 spiro atoms. The van der Waals surface area contributed by atoms with E-state index in [0.717, 1.165) is 22.3 Å². The Morgan fingerprint density at radius 3 is 1.38 bits per heavy atom. The van der Waals surface area contributed by atoms with E-state index in [1.807, 2.05) is 72.8 Å². The van der Waals surface area contributed by atoms with Gasteiger partial charge in [0.1, 0.15) is 12.2 Å². The molecule has 0 saturated carbocycles. The van der Waals surface area contributed by atoms with Crippen LogP contribution in [0.3, 0.4) is 0 Å². The monoisotopic (exact) mass is 538 g/mol. The van der Waals surface area contributed by atoms with E-state index in [0.29, 0.717) is 33.0 Å². The molecule has 5 rings (SSSR count). The first kappa shape index (κ1) is 28.2. The van der Waals surface area contributed by atoms with Crippen molar-refractivity contribution in [2.24, 2.45) is 5.92 Å². The minimum atomic E-state index is -0.470. The van der Waals surface area contributed by atoms with E-state index >= 15 is 0 Å². The van der Waals surface area contributed by atoms with Crippen molar-refractivity contribution in [2.75, 3.05) is 6.61 Å². The summed E-state index contributed by atoms with van der Waals surface area (Å²) >= 11 is 0. The third kappa shape index (κ3) is 8.10. The van der Waals surface area contributed by atoms with E-state index in [-0.39, 0.29) is 24.2 Å². The summed E-state index contributed by atoms with van der Waals surface area (Å²) in [7, 11) is 0. The second-order valence-electron chi connectivity index (χ2n) is 10.2. The second kappa shape index (κ2) is 14.9. The molecule has 40 heavy (non-hydrogen) atoms. The zero-order chi connectivity index (χ0) is 27.4. The van der Waals surface area contributed by atoms with E-state index in [2.05, 4.69) is 55.5 Å². The Labute approximate surface area is 237 Å². The molecular weight excluding hydrogens is 500 g/mol. The lowest BCUT2D eigenvalue weighted by molar-refractivity contribution is -0.305. The highest BCUT2D eigenvalue weighted by Gasteiger charge is 2.46. The van der Waals surface area contributed by atoms with Crippen LogP contribution in [0.5, 0.6) is 0 Å². The summed E-state index contributed by atoms with van der Waals surface area (Å²) in [5.74, 6) is -0.0708. The average molecular weight is 539 g/mol. The van der Waals surface area contributed by atoms with Crippen LogP contribution in [0.15, 0.2) is 121 Å². The van der Waals surface area contributed by atoms with Gasteiger partial charge in [-0.05, 0) is 22.3 Å². The Hall–Kier alpha value is -3.32. The molecule has 5 nitrogen and oxygen atoms in total. The van der Waals surface area contributed by atoms with Gasteiger partial charge >= 0.3 is 0 Å². The molecule has 1 heterocycles. The largest absolute Gasteiger partial charge is 0.374 e. The van der Waals surface area contributed by atoms with Crippen molar-refractivity contribution in [1.82, 2.24) is 0 Å². The Morgan fingerprint density at radius 1 is 0.500 bits per heavy atom. The maximum Gasteiger partial charge on any atom is 0.163 e. The first-order valence-corrected chi connectivity index (χ1v) is 14.0. The Morgan fingerprint density at radius 2 is 0.900 bits per heavy atom. The molecule has 0 amide bonds. The molecule has 4 aromatic rings. The van der Waals surface area contributed by atoms with E-state index in [4.69, 9.17) is 23.7 Å². The SMILES string of the molecule is C[C@H]1[C@@H](OCc2ccccc2)O[C@H](COCc2ccccc2)[C@H](OCc2ccccc2)[C@@H]1OCc1ccccc1. The molecule has 0 unspecified atom stereocenters. The standard InChI is InChI=1S/C35H38O5/c1-27-33(37-23-29-16-8-3-9-17-29)34(38-24-30-18-10-4-11-19-30)32(26-36-22-28-14-6-2-7-15-28)40-35(27)39-25-31-20-12-5-13-21-31/h2-21,27,32-35H,22-26H2,1H3/t27-,32-,33-,34+,35+/m1/s1. The van der Waals surface area contributed by atoms with Crippen molar-refractivity contribution in [3.8, 4) is 0 Å². The molecule has 0 aromatic heterocycles. The van der Waals surface area contributed by atoms with E-state index in [1.165, 1.54) is 0 Å². The van der Waals surface area contributed by atoms with Crippen LogP contribution in [0.25, 0.3) is 0 Å². The molecule has 0 aliphatic carbocycles. The average Bonchev–Trinajstić information content (AvgIpc) is 3.01. The second-order valence-corrected chi connectivity index (χ2v) is 10.2. The molecule has 1 aliphatic rings. The van der Waals surface area contributed by atoms with Gasteiger partial charge in [0.2, 0.25) is 0 Å². The molecule has 0 N–H and O–H groups in total. The van der Waals surface area contributed by atoms with Crippen LogP contribution in [0.4, 0.5) is 0 Å². The molecule has 1 saturated heterocycles. The number of rotatable bonds is 13. The van der Waals surface area contributed by atoms with Crippen molar-refractivity contribution in [2.45, 2.75) is 58.0 Å². The molecule has 208 valence electrons. The molecule has 4 aromatic carbocycles. The number of benzene rings is 4. The molecular formula is C35H38O5. The Bertz CT molecular complexity index is 1190. The maximum atomic E-state index is 6.62. The van der Waals surface area contributed by atoms with Crippen molar-refractivity contribution >= 4 is 0 Å². The van der Waals surface area contributed by atoms with Gasteiger partial charge in [0.15, 0.2) is 6.29 Å². The fourth-order valence-corrected chi connectivity index (χ4v) is 4.97. The summed E-state index contributed by atoms with van der Waals surface area (Å²) in [6.07, 6.45) is -1.44. The predicted molar refractivity (Wildman–Crippen MR) is 155 cm³/mol. The molecule has 5 atom stereocenters. The summed E-state index contributed by atoms with van der Waals surface area (Å²) in [6.45, 7) is 4.35. The van der Waals surface area contributed by atoms with Crippen molar-refractivity contribution in [3.63, 3.8) is 0 Å². The van der Waals surface area contributed by atoms with Gasteiger partial charge in [-0.3, -0.25) is 0 Å². The maximum absolute atomic E-state index is 6.62. The number of hydrogen-bond acceptors (Lipinski definition) is 5. The van der Waals surface area contributed by atoms with Crippen LogP contribution in [0.1, 0.15) is 29.2 Å². The highest BCUT2D eigenvalue weighted by atomic mass is 16.7. The van der Waals surface area contributed by atoms with Gasteiger partial charge in [-0.1, -0.05) is 128 Å². The lowest BCUT2D eigenvalue weighted by Gasteiger charge is -2.45. The van der Waals surface area contributed by atoms with Crippen molar-refractivity contribution in [3.05, 3.63) is 144 Å². The molecule has 5 heteroatoms. The lowest BCUT2D eigenvalue weighted by Crippen LogP contribution is -2.57. The summed E-state index contributed by atoms with van der Waals surface area (Å²) in [4.78, 5) is 0. The van der Waals surface area contributed by atoms with Crippen LogP contribution in [0, 0.1) is 5.92 Å². The smallest absolute Gasteiger partial charge is 0.163 e. The fraction of sp³-hybridized carbons (Fsp3) is 0.314. The van der Waals surface area contributed by atoms with Gasteiger partial charge < -0.3 is 23.7 Å². The highest BCUT2D eigenvalue weighted by molar-refractivity contribution is 5.16. The van der Waals surface area contributed by atoms with Gasteiger partial charge in [0, 0.05) is 5.92 Å². The van der Waals surface area contributed by atoms with Gasteiger partial charge in [0.05, 0.1) is 39.1 Å². The van der Waals surface area contributed by atoms with Crippen LogP contribution < -0.4 is 0 Å². The zero-order valence-electron chi connectivity index (χ0n) is 23.0. The van der Waals surface area contributed by atoms with Crippen molar-refractivity contribution in [1.29, 1.82) is 0 Å². The summed E-state index contributed by atoms with van der Waals surface area (Å²) in [6, 6.07) is 40.7.